The van der Waals surface area contributed by atoms with Crippen LogP contribution in [0, 0.1) is 3.57 Å². The van der Waals surface area contributed by atoms with Gasteiger partial charge in [0.1, 0.15) is 5.75 Å². The monoisotopic (exact) mass is 425 g/mol. The van der Waals surface area contributed by atoms with Gasteiger partial charge in [-0.15, -0.1) is 0 Å². The molecule has 0 atom stereocenters. The molecule has 23 heavy (non-hydrogen) atoms. The number of anilines is 1. The molecule has 0 aliphatic rings. The third-order valence-electron chi connectivity index (χ3n) is 2.89. The van der Waals surface area contributed by atoms with Gasteiger partial charge < -0.3 is 14.8 Å². The van der Waals surface area contributed by atoms with Crippen LogP contribution >= 0.6 is 22.6 Å². The lowest BCUT2D eigenvalue weighted by Gasteiger charge is -2.11. The molecule has 1 N–H and O–H groups in total. The zero-order valence-electron chi connectivity index (χ0n) is 12.5. The highest BCUT2D eigenvalue weighted by molar-refractivity contribution is 14.1. The molecule has 0 radical (unpaired) electrons. The van der Waals surface area contributed by atoms with Crippen molar-refractivity contribution in [2.45, 2.75) is 6.92 Å². The Morgan fingerprint density at radius 2 is 1.78 bits per heavy atom. The lowest BCUT2D eigenvalue weighted by molar-refractivity contribution is -0.119. The first kappa shape index (κ1) is 17.3. The number of hydrogen-bond acceptors (Lipinski definition) is 4. The number of ether oxygens (including phenoxy) is 2. The Kier molecular flexibility index (Phi) is 6.40. The van der Waals surface area contributed by atoms with Gasteiger partial charge in [0.2, 0.25) is 0 Å². The molecule has 0 saturated heterocycles. The topological polar surface area (TPSA) is 64.6 Å². The fourth-order valence-corrected chi connectivity index (χ4v) is 2.48. The van der Waals surface area contributed by atoms with E-state index in [9.17, 15) is 9.59 Å². The summed E-state index contributed by atoms with van der Waals surface area (Å²) >= 11 is 2.05. The highest BCUT2D eigenvalue weighted by atomic mass is 127. The average molecular weight is 425 g/mol. The lowest BCUT2D eigenvalue weighted by Crippen LogP contribution is -2.21. The summed E-state index contributed by atoms with van der Waals surface area (Å²) in [5.41, 5.74) is 0.986. The number of para-hydroxylation sites is 2. The second-order valence-corrected chi connectivity index (χ2v) is 5.70. The molecule has 2 aromatic rings. The second kappa shape index (κ2) is 8.52. The van der Waals surface area contributed by atoms with Crippen molar-refractivity contribution in [2.24, 2.45) is 0 Å². The maximum atomic E-state index is 12.0. The minimum atomic E-state index is -0.525. The molecular formula is C17H16INO4. The maximum Gasteiger partial charge on any atom is 0.339 e. The summed E-state index contributed by atoms with van der Waals surface area (Å²) in [5.74, 6) is -0.369. The van der Waals surface area contributed by atoms with Crippen molar-refractivity contribution < 1.29 is 19.1 Å². The van der Waals surface area contributed by atoms with Crippen LogP contribution in [-0.4, -0.2) is 25.1 Å². The molecule has 0 fully saturated rings. The molecule has 1 amide bonds. The third kappa shape index (κ3) is 4.95. The summed E-state index contributed by atoms with van der Waals surface area (Å²) in [5, 5.41) is 2.67. The van der Waals surface area contributed by atoms with E-state index in [1.807, 2.05) is 41.6 Å². The van der Waals surface area contributed by atoms with Gasteiger partial charge in [0.05, 0.1) is 17.9 Å². The molecule has 2 aromatic carbocycles. The van der Waals surface area contributed by atoms with Crippen molar-refractivity contribution in [3.05, 3.63) is 57.7 Å². The molecule has 0 saturated carbocycles. The highest BCUT2D eigenvalue weighted by Crippen LogP contribution is 2.23. The van der Waals surface area contributed by atoms with Crippen molar-refractivity contribution in [3.63, 3.8) is 0 Å². The van der Waals surface area contributed by atoms with Crippen molar-refractivity contribution in [3.8, 4) is 5.75 Å². The Hall–Kier alpha value is -2.09. The van der Waals surface area contributed by atoms with Crippen LogP contribution in [0.15, 0.2) is 48.5 Å². The predicted molar refractivity (Wildman–Crippen MR) is 95.7 cm³/mol. The lowest BCUT2D eigenvalue weighted by atomic mass is 10.2. The normalized spacial score (nSPS) is 10.0. The number of rotatable bonds is 6. The molecule has 0 aromatic heterocycles. The number of carbonyl (C=O) groups is 2. The van der Waals surface area contributed by atoms with Crippen LogP contribution < -0.4 is 10.1 Å². The van der Waals surface area contributed by atoms with Gasteiger partial charge in [-0.05, 0) is 53.8 Å². The Morgan fingerprint density at radius 1 is 1.09 bits per heavy atom. The van der Waals surface area contributed by atoms with Crippen molar-refractivity contribution >= 4 is 40.2 Å². The minimum absolute atomic E-state index is 0.357. The van der Waals surface area contributed by atoms with E-state index in [1.165, 1.54) is 0 Å². The number of carbonyl (C=O) groups excluding carboxylic acids is 2. The van der Waals surface area contributed by atoms with E-state index in [4.69, 9.17) is 9.47 Å². The third-order valence-corrected chi connectivity index (χ3v) is 3.83. The average Bonchev–Trinajstić information content (AvgIpc) is 2.55. The molecule has 0 spiro atoms. The molecule has 0 bridgehead atoms. The number of hydrogen-bond donors (Lipinski definition) is 1. The van der Waals surface area contributed by atoms with Crippen LogP contribution in [0.5, 0.6) is 5.75 Å². The summed E-state index contributed by atoms with van der Waals surface area (Å²) in [6.45, 7) is 2.00. The Morgan fingerprint density at radius 3 is 2.52 bits per heavy atom. The molecule has 0 heterocycles. The van der Waals surface area contributed by atoms with Gasteiger partial charge in [-0.25, -0.2) is 4.79 Å². The van der Waals surface area contributed by atoms with Crippen LogP contribution in [0.3, 0.4) is 0 Å². The van der Waals surface area contributed by atoms with Crippen LogP contribution in [-0.2, 0) is 9.53 Å². The van der Waals surface area contributed by atoms with Crippen molar-refractivity contribution in [2.75, 3.05) is 18.5 Å². The fourth-order valence-electron chi connectivity index (χ4n) is 1.87. The molecule has 0 unspecified atom stereocenters. The molecule has 120 valence electrons. The molecular weight excluding hydrogens is 409 g/mol. The molecule has 2 rings (SSSR count). The SMILES string of the molecule is CCOc1ccccc1NC(=O)COC(=O)c1ccccc1I. The number of amides is 1. The Labute approximate surface area is 148 Å². The summed E-state index contributed by atoms with van der Waals surface area (Å²) in [6.07, 6.45) is 0. The quantitative estimate of drug-likeness (QED) is 0.569. The highest BCUT2D eigenvalue weighted by Gasteiger charge is 2.13. The maximum absolute atomic E-state index is 12.0. The first-order valence-corrected chi connectivity index (χ1v) is 8.13. The molecule has 5 nitrogen and oxygen atoms in total. The van der Waals surface area contributed by atoms with E-state index in [0.717, 1.165) is 3.57 Å². The first-order valence-electron chi connectivity index (χ1n) is 7.05. The minimum Gasteiger partial charge on any atom is -0.492 e. The van der Waals surface area contributed by atoms with Crippen LogP contribution in [0.1, 0.15) is 17.3 Å². The summed E-state index contributed by atoms with van der Waals surface area (Å²) < 4.78 is 11.2. The van der Waals surface area contributed by atoms with Gasteiger partial charge in [0.25, 0.3) is 5.91 Å². The van der Waals surface area contributed by atoms with E-state index >= 15 is 0 Å². The second-order valence-electron chi connectivity index (χ2n) is 4.53. The number of nitrogens with one attached hydrogen (secondary N) is 1. The van der Waals surface area contributed by atoms with Crippen LogP contribution in [0.25, 0.3) is 0 Å². The largest absolute Gasteiger partial charge is 0.492 e. The van der Waals surface area contributed by atoms with Crippen molar-refractivity contribution in [1.29, 1.82) is 0 Å². The smallest absolute Gasteiger partial charge is 0.339 e. The number of halogens is 1. The zero-order valence-corrected chi connectivity index (χ0v) is 14.7. The summed E-state index contributed by atoms with van der Waals surface area (Å²) in [4.78, 5) is 23.9. The molecule has 0 aliphatic heterocycles. The van der Waals surface area contributed by atoms with Gasteiger partial charge in [0.15, 0.2) is 6.61 Å². The van der Waals surface area contributed by atoms with E-state index in [0.29, 0.717) is 23.6 Å². The van der Waals surface area contributed by atoms with E-state index in [1.54, 1.807) is 36.4 Å². The van der Waals surface area contributed by atoms with Gasteiger partial charge >= 0.3 is 5.97 Å². The fraction of sp³-hybridized carbons (Fsp3) is 0.176. The first-order chi connectivity index (χ1) is 11.1. The van der Waals surface area contributed by atoms with Gasteiger partial charge in [-0.1, -0.05) is 24.3 Å². The Balaban J connectivity index is 1.93. The number of esters is 1. The van der Waals surface area contributed by atoms with Crippen LogP contribution in [0.4, 0.5) is 5.69 Å². The summed E-state index contributed by atoms with van der Waals surface area (Å²) in [7, 11) is 0. The predicted octanol–water partition coefficient (Wildman–Crippen LogP) is 3.49. The van der Waals surface area contributed by atoms with Crippen molar-refractivity contribution in [1.82, 2.24) is 0 Å². The molecule has 6 heteroatoms. The Bertz CT molecular complexity index is 702. The number of benzene rings is 2. The standard InChI is InChI=1S/C17H16INO4/c1-2-22-15-10-6-5-9-14(15)19-16(20)11-23-17(21)12-7-3-4-8-13(12)18/h3-10H,2,11H2,1H3,(H,19,20). The van der Waals surface area contributed by atoms with E-state index in [-0.39, 0.29) is 6.61 Å². The van der Waals surface area contributed by atoms with Gasteiger partial charge in [-0.2, -0.15) is 0 Å². The van der Waals surface area contributed by atoms with Gasteiger partial charge in [-0.3, -0.25) is 4.79 Å². The summed E-state index contributed by atoms with van der Waals surface area (Å²) in [6, 6.07) is 14.1. The van der Waals surface area contributed by atoms with E-state index in [2.05, 4.69) is 5.32 Å². The molecule has 0 aliphatic carbocycles. The zero-order chi connectivity index (χ0) is 16.7. The van der Waals surface area contributed by atoms with Crippen LogP contribution in [0.2, 0.25) is 0 Å². The van der Waals surface area contributed by atoms with Gasteiger partial charge in [0, 0.05) is 3.57 Å². The van der Waals surface area contributed by atoms with E-state index < -0.39 is 11.9 Å².